The Morgan fingerprint density at radius 1 is 1.26 bits per heavy atom. The number of hydrogen-bond donors (Lipinski definition) is 1. The number of halogens is 1. The summed E-state index contributed by atoms with van der Waals surface area (Å²) < 4.78 is 33.5. The molecule has 0 bridgehead atoms. The molecule has 1 N–H and O–H groups in total. The van der Waals surface area contributed by atoms with E-state index in [4.69, 9.17) is 4.74 Å². The Bertz CT molecular complexity index is 916. The second-order valence-corrected chi connectivity index (χ2v) is 8.98. The van der Waals surface area contributed by atoms with Gasteiger partial charge in [0.1, 0.15) is 11.8 Å². The van der Waals surface area contributed by atoms with Gasteiger partial charge in [-0.2, -0.15) is 4.31 Å². The molecule has 27 heavy (non-hydrogen) atoms. The Labute approximate surface area is 167 Å². The number of carbonyl (C=O) groups is 1. The van der Waals surface area contributed by atoms with Crippen LogP contribution in [0.3, 0.4) is 0 Å². The van der Waals surface area contributed by atoms with Crippen LogP contribution in [0.25, 0.3) is 0 Å². The van der Waals surface area contributed by atoms with Gasteiger partial charge >= 0.3 is 0 Å². The third-order valence-corrected chi connectivity index (χ3v) is 6.76. The number of rotatable bonds is 6. The summed E-state index contributed by atoms with van der Waals surface area (Å²) in [7, 11) is -3.76. The molecular weight excluding hydrogens is 432 g/mol. The minimum Gasteiger partial charge on any atom is -0.494 e. The lowest BCUT2D eigenvalue weighted by Crippen LogP contribution is -2.43. The highest BCUT2D eigenvalue weighted by Gasteiger charge is 2.39. The first kappa shape index (κ1) is 19.9. The van der Waals surface area contributed by atoms with E-state index in [0.717, 1.165) is 4.47 Å². The molecule has 6 nitrogen and oxygen atoms in total. The molecule has 1 saturated heterocycles. The summed E-state index contributed by atoms with van der Waals surface area (Å²) in [5.41, 5.74) is 0.625. The van der Waals surface area contributed by atoms with Gasteiger partial charge in [-0.3, -0.25) is 4.79 Å². The molecule has 1 aliphatic rings. The van der Waals surface area contributed by atoms with Gasteiger partial charge in [-0.25, -0.2) is 8.42 Å². The topological polar surface area (TPSA) is 75.7 Å². The molecule has 2 aromatic carbocycles. The van der Waals surface area contributed by atoms with Crippen molar-refractivity contribution in [3.63, 3.8) is 0 Å². The summed E-state index contributed by atoms with van der Waals surface area (Å²) in [4.78, 5) is 12.9. The number of ether oxygens (including phenoxy) is 1. The van der Waals surface area contributed by atoms with E-state index >= 15 is 0 Å². The van der Waals surface area contributed by atoms with E-state index in [1.165, 1.54) is 16.4 Å². The molecule has 0 spiro atoms. The van der Waals surface area contributed by atoms with Gasteiger partial charge in [0, 0.05) is 16.7 Å². The van der Waals surface area contributed by atoms with Gasteiger partial charge in [0.25, 0.3) is 0 Å². The van der Waals surface area contributed by atoms with Gasteiger partial charge < -0.3 is 10.1 Å². The first-order valence-electron chi connectivity index (χ1n) is 8.73. The van der Waals surface area contributed by atoms with E-state index in [-0.39, 0.29) is 10.8 Å². The summed E-state index contributed by atoms with van der Waals surface area (Å²) in [6.45, 7) is 2.70. The van der Waals surface area contributed by atoms with E-state index < -0.39 is 16.1 Å². The summed E-state index contributed by atoms with van der Waals surface area (Å²) in [5.74, 6) is 0.293. The number of amides is 1. The smallest absolute Gasteiger partial charge is 0.243 e. The molecule has 2 aromatic rings. The number of nitrogens with zero attached hydrogens (tertiary/aromatic N) is 1. The van der Waals surface area contributed by atoms with Crippen molar-refractivity contribution in [2.24, 2.45) is 0 Å². The number of hydrogen-bond acceptors (Lipinski definition) is 4. The molecule has 1 aliphatic heterocycles. The van der Waals surface area contributed by atoms with Crippen LogP contribution < -0.4 is 10.1 Å². The zero-order valence-corrected chi connectivity index (χ0v) is 17.3. The lowest BCUT2D eigenvalue weighted by atomic mass is 10.2. The Morgan fingerprint density at radius 3 is 2.67 bits per heavy atom. The maximum absolute atomic E-state index is 13.0. The van der Waals surface area contributed by atoms with Crippen LogP contribution in [0.4, 0.5) is 5.69 Å². The maximum Gasteiger partial charge on any atom is 0.243 e. The van der Waals surface area contributed by atoms with Gasteiger partial charge in [-0.05, 0) is 62.2 Å². The van der Waals surface area contributed by atoms with E-state index in [1.54, 1.807) is 24.3 Å². The minimum absolute atomic E-state index is 0.160. The number of anilines is 1. The highest BCUT2D eigenvalue weighted by atomic mass is 79.9. The largest absolute Gasteiger partial charge is 0.494 e. The van der Waals surface area contributed by atoms with Gasteiger partial charge in [0.15, 0.2) is 0 Å². The molecule has 1 fully saturated rings. The zero-order valence-electron chi connectivity index (χ0n) is 14.9. The van der Waals surface area contributed by atoms with Crippen LogP contribution >= 0.6 is 15.9 Å². The van der Waals surface area contributed by atoms with E-state index in [1.807, 2.05) is 19.1 Å². The van der Waals surface area contributed by atoms with E-state index in [2.05, 4.69) is 21.2 Å². The molecule has 1 amide bonds. The maximum atomic E-state index is 13.0. The van der Waals surface area contributed by atoms with Gasteiger partial charge in [-0.1, -0.05) is 22.0 Å². The van der Waals surface area contributed by atoms with Gasteiger partial charge in [0.05, 0.1) is 11.5 Å². The summed E-state index contributed by atoms with van der Waals surface area (Å²) >= 11 is 3.36. The van der Waals surface area contributed by atoms with Crippen molar-refractivity contribution in [3.05, 3.63) is 53.0 Å². The Balaban J connectivity index is 1.78. The van der Waals surface area contributed by atoms with Crippen molar-refractivity contribution >= 4 is 37.5 Å². The highest BCUT2D eigenvalue weighted by molar-refractivity contribution is 9.10. The Morgan fingerprint density at radius 2 is 2.00 bits per heavy atom. The molecule has 3 rings (SSSR count). The van der Waals surface area contributed by atoms with Crippen LogP contribution in [0, 0.1) is 0 Å². The minimum atomic E-state index is -3.76. The number of carbonyl (C=O) groups excluding carboxylic acids is 1. The fraction of sp³-hybridized carbons (Fsp3) is 0.316. The zero-order chi connectivity index (χ0) is 19.4. The van der Waals surface area contributed by atoms with Gasteiger partial charge in [0.2, 0.25) is 15.9 Å². The first-order valence-corrected chi connectivity index (χ1v) is 11.0. The molecule has 1 atom stereocenters. The lowest BCUT2D eigenvalue weighted by molar-refractivity contribution is -0.119. The Kier molecular flexibility index (Phi) is 6.18. The van der Waals surface area contributed by atoms with Crippen molar-refractivity contribution in [3.8, 4) is 5.75 Å². The van der Waals surface area contributed by atoms with E-state index in [0.29, 0.717) is 37.4 Å². The lowest BCUT2D eigenvalue weighted by Gasteiger charge is -2.23. The first-order chi connectivity index (χ1) is 12.9. The molecule has 0 aliphatic carbocycles. The van der Waals surface area contributed by atoms with Crippen molar-refractivity contribution in [1.82, 2.24) is 4.31 Å². The average molecular weight is 453 g/mol. The molecular formula is C19H21BrN2O4S. The second kappa shape index (κ2) is 8.41. The second-order valence-electron chi connectivity index (χ2n) is 6.18. The Hall–Kier alpha value is -1.90. The number of sulfonamides is 1. The standard InChI is InChI=1S/C19H21BrN2O4S/c1-2-26-16-8-10-17(11-9-16)27(24,25)22-12-4-7-18(22)19(23)21-15-6-3-5-14(20)13-15/h3,5-6,8-11,13,18H,2,4,7,12H2,1H3,(H,21,23). The molecule has 144 valence electrons. The highest BCUT2D eigenvalue weighted by Crippen LogP contribution is 2.28. The van der Waals surface area contributed by atoms with Crippen LogP contribution in [-0.4, -0.2) is 37.8 Å². The molecule has 1 unspecified atom stereocenters. The SMILES string of the molecule is CCOc1ccc(S(=O)(=O)N2CCCC2C(=O)Nc2cccc(Br)c2)cc1. The number of nitrogens with one attached hydrogen (secondary N) is 1. The monoisotopic (exact) mass is 452 g/mol. The van der Waals surface area contributed by atoms with Crippen LogP contribution in [0.5, 0.6) is 5.75 Å². The average Bonchev–Trinajstić information content (AvgIpc) is 3.13. The summed E-state index contributed by atoms with van der Waals surface area (Å²) in [6, 6.07) is 12.8. The molecule has 0 aromatic heterocycles. The molecule has 0 saturated carbocycles. The molecule has 1 heterocycles. The molecule has 0 radical (unpaired) electrons. The predicted octanol–water partition coefficient (Wildman–Crippen LogP) is 3.64. The molecule has 8 heteroatoms. The van der Waals surface area contributed by atoms with Gasteiger partial charge in [-0.15, -0.1) is 0 Å². The third kappa shape index (κ3) is 4.51. The normalized spacial score (nSPS) is 17.6. The number of benzene rings is 2. The van der Waals surface area contributed by atoms with Crippen LogP contribution in [-0.2, 0) is 14.8 Å². The van der Waals surface area contributed by atoms with Crippen molar-refractivity contribution < 1.29 is 17.9 Å². The van der Waals surface area contributed by atoms with Crippen LogP contribution in [0.2, 0.25) is 0 Å². The fourth-order valence-corrected chi connectivity index (χ4v) is 5.15. The van der Waals surface area contributed by atoms with Crippen molar-refractivity contribution in [2.45, 2.75) is 30.7 Å². The summed E-state index contributed by atoms with van der Waals surface area (Å²) in [6.07, 6.45) is 1.14. The quantitative estimate of drug-likeness (QED) is 0.725. The van der Waals surface area contributed by atoms with E-state index in [9.17, 15) is 13.2 Å². The van der Waals surface area contributed by atoms with Crippen molar-refractivity contribution in [2.75, 3.05) is 18.5 Å². The third-order valence-electron chi connectivity index (χ3n) is 4.34. The summed E-state index contributed by atoms with van der Waals surface area (Å²) in [5, 5.41) is 2.81. The van der Waals surface area contributed by atoms with Crippen molar-refractivity contribution in [1.29, 1.82) is 0 Å². The van der Waals surface area contributed by atoms with Crippen LogP contribution in [0.1, 0.15) is 19.8 Å². The van der Waals surface area contributed by atoms with Crippen LogP contribution in [0.15, 0.2) is 57.9 Å². The predicted molar refractivity (Wildman–Crippen MR) is 107 cm³/mol. The fourth-order valence-electron chi connectivity index (χ4n) is 3.09.